The number of hydrogen-bond donors (Lipinski definition) is 0. The zero-order valence-electron chi connectivity index (χ0n) is 19.0. The number of rotatable bonds is 3. The Morgan fingerprint density at radius 3 is 2.19 bits per heavy atom. The summed E-state index contributed by atoms with van der Waals surface area (Å²) >= 11 is 0. The molecule has 1 atom stereocenters. The highest BCUT2D eigenvalue weighted by Gasteiger charge is 2.47. The second kappa shape index (κ2) is 7.63. The number of anilines is 1. The van der Waals surface area contributed by atoms with Crippen molar-refractivity contribution in [3.8, 4) is 0 Å². The van der Waals surface area contributed by atoms with E-state index < -0.39 is 0 Å². The van der Waals surface area contributed by atoms with Gasteiger partial charge in [-0.1, -0.05) is 97.9 Å². The van der Waals surface area contributed by atoms with Gasteiger partial charge in [0.1, 0.15) is 0 Å². The molecule has 0 aromatic heterocycles. The molecule has 32 heavy (non-hydrogen) atoms. The second-order valence-electron chi connectivity index (χ2n) is 9.76. The summed E-state index contributed by atoms with van der Waals surface area (Å²) in [5.41, 5.74) is 4.09. The van der Waals surface area contributed by atoms with Crippen LogP contribution in [0.5, 0.6) is 0 Å². The molecule has 1 amide bonds. The van der Waals surface area contributed by atoms with E-state index in [0.717, 1.165) is 17.7 Å². The predicted octanol–water partition coefficient (Wildman–Crippen LogP) is 6.90. The van der Waals surface area contributed by atoms with Gasteiger partial charge in [0.15, 0.2) is 0 Å². The van der Waals surface area contributed by atoms with Crippen LogP contribution in [0.1, 0.15) is 43.9 Å². The molecule has 0 bridgehead atoms. The minimum Gasteiger partial charge on any atom is -0.306 e. The van der Waals surface area contributed by atoms with Crippen molar-refractivity contribution < 1.29 is 4.79 Å². The van der Waals surface area contributed by atoms with Gasteiger partial charge in [0.25, 0.3) is 0 Å². The van der Waals surface area contributed by atoms with E-state index in [1.807, 2.05) is 41.3 Å². The van der Waals surface area contributed by atoms with Gasteiger partial charge in [-0.2, -0.15) is 0 Å². The summed E-state index contributed by atoms with van der Waals surface area (Å²) in [6.07, 6.45) is 1.26. The highest BCUT2D eigenvalue weighted by atomic mass is 16.2. The third-order valence-electron chi connectivity index (χ3n) is 6.96. The molecule has 5 rings (SSSR count). The van der Waals surface area contributed by atoms with Crippen molar-refractivity contribution in [2.45, 2.75) is 44.6 Å². The lowest BCUT2D eigenvalue weighted by Crippen LogP contribution is -2.56. The molecule has 0 saturated heterocycles. The largest absolute Gasteiger partial charge is 0.306 e. The Morgan fingerprint density at radius 2 is 1.38 bits per heavy atom. The van der Waals surface area contributed by atoms with E-state index in [-0.39, 0.29) is 16.9 Å². The van der Waals surface area contributed by atoms with E-state index in [1.54, 1.807) is 0 Å². The van der Waals surface area contributed by atoms with E-state index in [0.29, 0.717) is 6.42 Å². The Labute approximate surface area is 190 Å². The molecule has 4 aromatic carbocycles. The zero-order chi connectivity index (χ0) is 22.3. The van der Waals surface area contributed by atoms with Crippen LogP contribution in [0.15, 0.2) is 97.1 Å². The number of amides is 1. The Bertz CT molecular complexity index is 1290. The average molecular weight is 420 g/mol. The zero-order valence-corrected chi connectivity index (χ0v) is 19.0. The average Bonchev–Trinajstić information content (AvgIpc) is 2.79. The van der Waals surface area contributed by atoms with Crippen LogP contribution in [0.3, 0.4) is 0 Å². The van der Waals surface area contributed by atoms with E-state index >= 15 is 0 Å². The lowest BCUT2D eigenvalue weighted by atomic mass is 9.64. The third kappa shape index (κ3) is 3.31. The lowest BCUT2D eigenvalue weighted by Gasteiger charge is -2.51. The first-order valence-corrected chi connectivity index (χ1v) is 11.3. The van der Waals surface area contributed by atoms with Gasteiger partial charge in [0.2, 0.25) is 5.91 Å². The fraction of sp³-hybridized carbons (Fsp3) is 0.233. The van der Waals surface area contributed by atoms with Crippen LogP contribution >= 0.6 is 0 Å². The summed E-state index contributed by atoms with van der Waals surface area (Å²) in [6, 6.07) is 33.7. The van der Waals surface area contributed by atoms with Crippen LogP contribution in [0, 0.1) is 0 Å². The molecule has 4 aromatic rings. The van der Waals surface area contributed by atoms with Gasteiger partial charge in [-0.3, -0.25) is 4.79 Å². The molecule has 2 heteroatoms. The molecule has 1 aliphatic heterocycles. The fourth-order valence-corrected chi connectivity index (χ4v) is 5.77. The molecule has 0 fully saturated rings. The molecular formula is C30H29NO. The van der Waals surface area contributed by atoms with Crippen LogP contribution in [-0.2, 0) is 16.6 Å². The molecule has 0 N–H and O–H groups in total. The quantitative estimate of drug-likeness (QED) is 0.353. The van der Waals surface area contributed by atoms with Gasteiger partial charge < -0.3 is 4.90 Å². The molecular weight excluding hydrogens is 390 g/mol. The number of benzene rings is 4. The van der Waals surface area contributed by atoms with Gasteiger partial charge in [0, 0.05) is 16.6 Å². The maximum atomic E-state index is 13.6. The van der Waals surface area contributed by atoms with Crippen LogP contribution in [0.2, 0.25) is 0 Å². The number of hydrogen-bond acceptors (Lipinski definition) is 1. The highest BCUT2D eigenvalue weighted by Crippen LogP contribution is 2.51. The Kier molecular flexibility index (Phi) is 4.89. The molecule has 1 heterocycles. The van der Waals surface area contributed by atoms with Crippen molar-refractivity contribution in [2.75, 3.05) is 4.90 Å². The van der Waals surface area contributed by atoms with Gasteiger partial charge in [-0.25, -0.2) is 0 Å². The molecule has 1 aliphatic rings. The minimum atomic E-state index is -0.327. The molecule has 1 unspecified atom stereocenters. The summed E-state index contributed by atoms with van der Waals surface area (Å²) in [6.45, 7) is 6.75. The maximum Gasteiger partial charge on any atom is 0.231 e. The van der Waals surface area contributed by atoms with Crippen molar-refractivity contribution in [3.63, 3.8) is 0 Å². The summed E-state index contributed by atoms with van der Waals surface area (Å²) in [4.78, 5) is 15.7. The number of fused-ring (bicyclic) bond motifs is 2. The predicted molar refractivity (Wildman–Crippen MR) is 133 cm³/mol. The molecule has 2 nitrogen and oxygen atoms in total. The SMILES string of the molecule is CC1(c2cccc3ccccc23)CC(C)(C)N(C(=O)Cc2ccccc2)c2ccccc21. The van der Waals surface area contributed by atoms with Crippen molar-refractivity contribution in [1.29, 1.82) is 0 Å². The number of nitrogens with zero attached hydrogens (tertiary/aromatic N) is 1. The van der Waals surface area contributed by atoms with Crippen molar-refractivity contribution in [3.05, 3.63) is 114 Å². The van der Waals surface area contributed by atoms with Gasteiger partial charge in [-0.05, 0) is 53.8 Å². The van der Waals surface area contributed by atoms with Crippen LogP contribution in [0.25, 0.3) is 10.8 Å². The molecule has 0 radical (unpaired) electrons. The number of para-hydroxylation sites is 1. The smallest absolute Gasteiger partial charge is 0.231 e. The van der Waals surface area contributed by atoms with E-state index in [9.17, 15) is 4.79 Å². The highest BCUT2D eigenvalue weighted by molar-refractivity contribution is 5.98. The first-order chi connectivity index (χ1) is 15.4. The fourth-order valence-electron chi connectivity index (χ4n) is 5.77. The van der Waals surface area contributed by atoms with Crippen LogP contribution < -0.4 is 4.90 Å². The standard InChI is InChI=1S/C30H29NO/c1-29(2)21-30(3,25-18-11-15-23-14-7-8-16-24(23)25)26-17-9-10-19-27(26)31(29)28(32)20-22-12-5-4-6-13-22/h4-19H,20-21H2,1-3H3. The second-order valence-corrected chi connectivity index (χ2v) is 9.76. The van der Waals surface area contributed by atoms with Crippen molar-refractivity contribution >= 4 is 22.4 Å². The normalized spacial score (nSPS) is 19.5. The molecule has 0 saturated carbocycles. The summed E-state index contributed by atoms with van der Waals surface area (Å²) in [5.74, 6) is 0.147. The first-order valence-electron chi connectivity index (χ1n) is 11.3. The lowest BCUT2D eigenvalue weighted by molar-refractivity contribution is -0.119. The van der Waals surface area contributed by atoms with E-state index in [2.05, 4.69) is 81.4 Å². The van der Waals surface area contributed by atoms with Crippen LogP contribution in [0.4, 0.5) is 5.69 Å². The number of carbonyl (C=O) groups is 1. The van der Waals surface area contributed by atoms with Gasteiger partial charge in [-0.15, -0.1) is 0 Å². The van der Waals surface area contributed by atoms with Gasteiger partial charge in [0.05, 0.1) is 6.42 Å². The van der Waals surface area contributed by atoms with Gasteiger partial charge >= 0.3 is 0 Å². The topological polar surface area (TPSA) is 20.3 Å². The Morgan fingerprint density at radius 1 is 0.750 bits per heavy atom. The maximum absolute atomic E-state index is 13.6. The van der Waals surface area contributed by atoms with Crippen LogP contribution in [-0.4, -0.2) is 11.4 Å². The Balaban J connectivity index is 1.66. The van der Waals surface area contributed by atoms with E-state index in [4.69, 9.17) is 0 Å². The number of carbonyl (C=O) groups excluding carboxylic acids is 1. The van der Waals surface area contributed by atoms with Crippen molar-refractivity contribution in [2.24, 2.45) is 0 Å². The van der Waals surface area contributed by atoms with E-state index in [1.165, 1.54) is 21.9 Å². The molecule has 0 aliphatic carbocycles. The minimum absolute atomic E-state index is 0.147. The molecule has 160 valence electrons. The summed E-state index contributed by atoms with van der Waals surface area (Å²) < 4.78 is 0. The van der Waals surface area contributed by atoms with Crippen molar-refractivity contribution in [1.82, 2.24) is 0 Å². The summed E-state index contributed by atoms with van der Waals surface area (Å²) in [5, 5.41) is 2.54. The monoisotopic (exact) mass is 419 g/mol. The third-order valence-corrected chi connectivity index (χ3v) is 6.96. The first kappa shape index (κ1) is 20.5. The molecule has 0 spiro atoms. The Hall–Kier alpha value is -3.39. The summed E-state index contributed by atoms with van der Waals surface area (Å²) in [7, 11) is 0.